The van der Waals surface area contributed by atoms with Crippen molar-refractivity contribution in [1.82, 2.24) is 30.7 Å². The summed E-state index contributed by atoms with van der Waals surface area (Å²) in [6, 6.07) is 15.2. The summed E-state index contributed by atoms with van der Waals surface area (Å²) in [7, 11) is 0. The van der Waals surface area contributed by atoms with Gasteiger partial charge in [-0.1, -0.05) is 41.6 Å². The van der Waals surface area contributed by atoms with Crippen LogP contribution in [0.15, 0.2) is 58.3 Å². The number of carbonyl (C=O) groups is 1. The number of benzene rings is 2. The first-order valence-corrected chi connectivity index (χ1v) is 10.4. The number of aromatic nitrogens is 5. The summed E-state index contributed by atoms with van der Waals surface area (Å²) in [4.78, 5) is 13.1. The van der Waals surface area contributed by atoms with Crippen LogP contribution in [0.2, 0.25) is 0 Å². The minimum absolute atomic E-state index is 0.0110. The number of aryl methyl sites for hydroxylation is 1. The lowest BCUT2D eigenvalue weighted by molar-refractivity contribution is 0.0950. The number of hydrogen-bond donors (Lipinski definition) is 2. The van der Waals surface area contributed by atoms with Crippen LogP contribution in [-0.4, -0.2) is 43.5 Å². The van der Waals surface area contributed by atoms with E-state index in [4.69, 9.17) is 15.1 Å². The zero-order valence-corrected chi connectivity index (χ0v) is 17.7. The van der Waals surface area contributed by atoms with Gasteiger partial charge in [-0.15, -0.1) is 5.10 Å². The molecule has 1 aliphatic rings. The third kappa shape index (κ3) is 3.80. The van der Waals surface area contributed by atoms with Gasteiger partial charge in [0.05, 0.1) is 12.3 Å². The van der Waals surface area contributed by atoms with E-state index < -0.39 is 5.91 Å². The molecule has 2 aromatic carbocycles. The van der Waals surface area contributed by atoms with E-state index in [9.17, 15) is 4.79 Å². The number of hydrogen-bond acceptors (Lipinski definition) is 9. The Hall–Kier alpha value is -4.54. The molecule has 0 unspecified atom stereocenters. The van der Waals surface area contributed by atoms with E-state index in [1.54, 1.807) is 18.2 Å². The maximum atomic E-state index is 13.1. The SMILES string of the molecule is CCOc1cccc(-c2c(C(=O)N/N=C3/CCc4ccccc43)nnn2-c2nonc2N)c1. The first-order valence-electron chi connectivity index (χ1n) is 10.4. The molecule has 11 heteroatoms. The molecule has 4 aromatic rings. The monoisotopic (exact) mass is 444 g/mol. The standard InChI is InChI=1S/C22H20N8O3/c1-2-32-15-8-5-7-14(12-15)19-18(25-29-30(19)21-20(23)27-33-28-21)22(31)26-24-17-11-10-13-6-3-4-9-16(13)17/h3-9,12H,2,10-11H2,1H3,(H2,23,27)(H,26,31)/b24-17-. The normalized spacial score (nSPS) is 13.8. The smallest absolute Gasteiger partial charge is 0.294 e. The number of carbonyl (C=O) groups excluding carboxylic acids is 1. The molecule has 0 aliphatic heterocycles. The molecule has 5 rings (SSSR count). The number of nitrogens with zero attached hydrogens (tertiary/aromatic N) is 6. The van der Waals surface area contributed by atoms with E-state index in [1.807, 2.05) is 31.2 Å². The summed E-state index contributed by atoms with van der Waals surface area (Å²) in [5.41, 5.74) is 12.6. The van der Waals surface area contributed by atoms with Crippen molar-refractivity contribution in [3.8, 4) is 22.8 Å². The Bertz CT molecular complexity index is 1360. The molecule has 2 aromatic heterocycles. The number of hydrazone groups is 1. The van der Waals surface area contributed by atoms with Gasteiger partial charge in [-0.2, -0.15) is 9.78 Å². The summed E-state index contributed by atoms with van der Waals surface area (Å²) < 4.78 is 11.6. The quantitative estimate of drug-likeness (QED) is 0.431. The molecule has 0 bridgehead atoms. The Morgan fingerprint density at radius 2 is 2.09 bits per heavy atom. The summed E-state index contributed by atoms with van der Waals surface area (Å²) in [6.45, 7) is 2.38. The molecule has 11 nitrogen and oxygen atoms in total. The topological polar surface area (TPSA) is 146 Å². The van der Waals surface area contributed by atoms with E-state index in [0.29, 0.717) is 23.6 Å². The predicted octanol–water partition coefficient (Wildman–Crippen LogP) is 2.38. The molecule has 0 atom stereocenters. The minimum Gasteiger partial charge on any atom is -0.494 e. The Morgan fingerprint density at radius 3 is 2.91 bits per heavy atom. The Labute approximate surface area is 188 Å². The van der Waals surface area contributed by atoms with Gasteiger partial charge in [-0.05, 0) is 47.8 Å². The van der Waals surface area contributed by atoms with Gasteiger partial charge in [0, 0.05) is 11.1 Å². The molecule has 1 amide bonds. The van der Waals surface area contributed by atoms with Crippen LogP contribution in [0.4, 0.5) is 5.82 Å². The lowest BCUT2D eigenvalue weighted by atomic mass is 10.1. The van der Waals surface area contributed by atoms with Crippen LogP contribution in [-0.2, 0) is 6.42 Å². The molecule has 3 N–H and O–H groups in total. The fourth-order valence-electron chi connectivity index (χ4n) is 3.77. The van der Waals surface area contributed by atoms with Crippen LogP contribution in [0, 0.1) is 0 Å². The predicted molar refractivity (Wildman–Crippen MR) is 119 cm³/mol. The molecule has 2 heterocycles. The van der Waals surface area contributed by atoms with Crippen molar-refractivity contribution >= 4 is 17.4 Å². The molecular weight excluding hydrogens is 424 g/mol. The summed E-state index contributed by atoms with van der Waals surface area (Å²) >= 11 is 0. The van der Waals surface area contributed by atoms with Crippen molar-refractivity contribution in [3.63, 3.8) is 0 Å². The van der Waals surface area contributed by atoms with Crippen LogP contribution in [0.25, 0.3) is 17.1 Å². The van der Waals surface area contributed by atoms with E-state index in [1.165, 1.54) is 10.2 Å². The molecule has 166 valence electrons. The Balaban J connectivity index is 1.53. The maximum Gasteiger partial charge on any atom is 0.294 e. The van der Waals surface area contributed by atoms with Gasteiger partial charge in [-0.25, -0.2) is 10.1 Å². The first kappa shape index (κ1) is 20.4. The lowest BCUT2D eigenvalue weighted by Gasteiger charge is -2.08. The van der Waals surface area contributed by atoms with Gasteiger partial charge >= 0.3 is 0 Å². The number of nitrogens with two attached hydrogens (primary N) is 1. The molecular formula is C22H20N8O3. The third-order valence-corrected chi connectivity index (χ3v) is 5.25. The Kier molecular flexibility index (Phi) is 5.27. The second-order valence-corrected chi connectivity index (χ2v) is 7.29. The van der Waals surface area contributed by atoms with Crippen LogP contribution >= 0.6 is 0 Å². The average molecular weight is 444 g/mol. The molecule has 33 heavy (non-hydrogen) atoms. The van der Waals surface area contributed by atoms with Crippen LogP contribution < -0.4 is 15.9 Å². The third-order valence-electron chi connectivity index (χ3n) is 5.25. The average Bonchev–Trinajstić information content (AvgIpc) is 3.56. The van der Waals surface area contributed by atoms with Crippen molar-refractivity contribution in [2.75, 3.05) is 12.3 Å². The highest BCUT2D eigenvalue weighted by Crippen LogP contribution is 2.29. The largest absolute Gasteiger partial charge is 0.494 e. The van der Waals surface area contributed by atoms with E-state index in [2.05, 4.69) is 37.2 Å². The van der Waals surface area contributed by atoms with Crippen molar-refractivity contribution < 1.29 is 14.2 Å². The molecule has 0 saturated carbocycles. The van der Waals surface area contributed by atoms with Gasteiger partial charge < -0.3 is 10.5 Å². The zero-order chi connectivity index (χ0) is 22.8. The zero-order valence-electron chi connectivity index (χ0n) is 17.7. The van der Waals surface area contributed by atoms with Crippen molar-refractivity contribution in [2.45, 2.75) is 19.8 Å². The highest BCUT2D eigenvalue weighted by molar-refractivity contribution is 6.06. The fourth-order valence-corrected chi connectivity index (χ4v) is 3.77. The van der Waals surface area contributed by atoms with Crippen molar-refractivity contribution in [2.24, 2.45) is 5.10 Å². The fraction of sp³-hybridized carbons (Fsp3) is 0.182. The molecule has 0 fully saturated rings. The van der Waals surface area contributed by atoms with Gasteiger partial charge in [0.25, 0.3) is 5.91 Å². The molecule has 0 saturated heterocycles. The summed E-state index contributed by atoms with van der Waals surface area (Å²) in [5, 5.41) is 19.9. The Morgan fingerprint density at radius 1 is 1.21 bits per heavy atom. The number of fused-ring (bicyclic) bond motifs is 1. The number of ether oxygens (including phenoxy) is 1. The lowest BCUT2D eigenvalue weighted by Crippen LogP contribution is -2.21. The highest BCUT2D eigenvalue weighted by atomic mass is 16.6. The van der Waals surface area contributed by atoms with Crippen LogP contribution in [0.1, 0.15) is 35.0 Å². The number of amides is 1. The first-order chi connectivity index (χ1) is 16.2. The van der Waals surface area contributed by atoms with Gasteiger partial charge in [0.15, 0.2) is 5.69 Å². The minimum atomic E-state index is -0.523. The van der Waals surface area contributed by atoms with Gasteiger partial charge in [-0.3, -0.25) is 4.79 Å². The summed E-state index contributed by atoms with van der Waals surface area (Å²) in [5.74, 6) is 0.236. The summed E-state index contributed by atoms with van der Waals surface area (Å²) in [6.07, 6.45) is 1.63. The van der Waals surface area contributed by atoms with Crippen LogP contribution in [0.3, 0.4) is 0 Å². The highest BCUT2D eigenvalue weighted by Gasteiger charge is 2.26. The number of rotatable bonds is 6. The van der Waals surface area contributed by atoms with Crippen molar-refractivity contribution in [1.29, 1.82) is 0 Å². The number of nitrogen functional groups attached to an aromatic ring is 1. The molecule has 0 radical (unpaired) electrons. The molecule has 1 aliphatic carbocycles. The van der Waals surface area contributed by atoms with Gasteiger partial charge in [0.2, 0.25) is 11.6 Å². The second kappa shape index (κ2) is 8.54. The number of nitrogens with one attached hydrogen (secondary N) is 1. The van der Waals surface area contributed by atoms with E-state index in [0.717, 1.165) is 24.1 Å². The molecule has 0 spiro atoms. The van der Waals surface area contributed by atoms with E-state index >= 15 is 0 Å². The van der Waals surface area contributed by atoms with Crippen molar-refractivity contribution in [3.05, 3.63) is 65.4 Å². The van der Waals surface area contributed by atoms with Crippen LogP contribution in [0.5, 0.6) is 5.75 Å². The maximum absolute atomic E-state index is 13.1. The van der Waals surface area contributed by atoms with E-state index in [-0.39, 0.29) is 17.3 Å². The second-order valence-electron chi connectivity index (χ2n) is 7.29. The van der Waals surface area contributed by atoms with Gasteiger partial charge in [0.1, 0.15) is 11.4 Å². The number of anilines is 1.